The number of allylic oxidation sites excluding steroid dienone is 12. The molecule has 0 aromatic heterocycles. The van der Waals surface area contributed by atoms with Crippen LogP contribution in [0.5, 0.6) is 0 Å². The van der Waals surface area contributed by atoms with Gasteiger partial charge in [-0.05, 0) is 64.2 Å². The Labute approximate surface area is 310 Å². The van der Waals surface area contributed by atoms with E-state index in [1.807, 2.05) is 0 Å². The van der Waals surface area contributed by atoms with Crippen LogP contribution in [0.3, 0.4) is 0 Å². The molecule has 0 spiro atoms. The molecule has 2 unspecified atom stereocenters. The highest BCUT2D eigenvalue weighted by atomic mass is 16.3. The number of rotatable bonds is 37. The molecule has 0 aliphatic heterocycles. The van der Waals surface area contributed by atoms with Crippen LogP contribution in [0.1, 0.15) is 194 Å². The Morgan fingerprint density at radius 2 is 0.880 bits per heavy atom. The van der Waals surface area contributed by atoms with Crippen LogP contribution < -0.4 is 5.32 Å². The van der Waals surface area contributed by atoms with Crippen molar-refractivity contribution in [3.05, 3.63) is 72.9 Å². The summed E-state index contributed by atoms with van der Waals surface area (Å²) in [6, 6.07) is -0.540. The molecule has 2 atom stereocenters. The smallest absolute Gasteiger partial charge is 0.220 e. The Hall–Kier alpha value is -2.17. The van der Waals surface area contributed by atoms with Gasteiger partial charge in [0.25, 0.3) is 0 Å². The number of hydrogen-bond donors (Lipinski definition) is 3. The predicted octanol–water partition coefficient (Wildman–Crippen LogP) is 13.1. The van der Waals surface area contributed by atoms with E-state index in [9.17, 15) is 15.0 Å². The molecule has 0 radical (unpaired) electrons. The first-order valence-electron chi connectivity index (χ1n) is 21.1. The van der Waals surface area contributed by atoms with Crippen LogP contribution >= 0.6 is 0 Å². The number of aliphatic hydroxyl groups excluding tert-OH is 2. The summed E-state index contributed by atoms with van der Waals surface area (Å²) < 4.78 is 0. The van der Waals surface area contributed by atoms with E-state index in [1.165, 1.54) is 103 Å². The Bertz CT molecular complexity index is 884. The Balaban J connectivity index is 3.55. The molecule has 0 rings (SSSR count). The SMILES string of the molecule is CC/C=C\C/C=C\C/C=C\C/C=C\C/C=C\C/C=C\CCCCCCCCCCCCC(=O)NC(CO)C(O)CCCCCCCCCCC. The van der Waals surface area contributed by atoms with Gasteiger partial charge in [0.15, 0.2) is 0 Å². The number of amides is 1. The number of hydrogen-bond acceptors (Lipinski definition) is 3. The van der Waals surface area contributed by atoms with Gasteiger partial charge in [-0.15, -0.1) is 0 Å². The third kappa shape index (κ3) is 37.1. The van der Waals surface area contributed by atoms with Crippen LogP contribution in [-0.4, -0.2) is 34.9 Å². The zero-order chi connectivity index (χ0) is 36.4. The zero-order valence-corrected chi connectivity index (χ0v) is 32.9. The van der Waals surface area contributed by atoms with Gasteiger partial charge in [0.05, 0.1) is 18.8 Å². The number of carbonyl (C=O) groups is 1. The summed E-state index contributed by atoms with van der Waals surface area (Å²) >= 11 is 0. The fraction of sp³-hybridized carbons (Fsp3) is 0.717. The van der Waals surface area contributed by atoms with E-state index < -0.39 is 12.1 Å². The predicted molar refractivity (Wildman–Crippen MR) is 220 cm³/mol. The lowest BCUT2D eigenvalue weighted by Gasteiger charge is -2.22. The summed E-state index contributed by atoms with van der Waals surface area (Å²) in [6.45, 7) is 4.21. The Morgan fingerprint density at radius 1 is 0.500 bits per heavy atom. The minimum atomic E-state index is -0.662. The van der Waals surface area contributed by atoms with Gasteiger partial charge >= 0.3 is 0 Å². The van der Waals surface area contributed by atoms with Crippen molar-refractivity contribution in [3.8, 4) is 0 Å². The van der Waals surface area contributed by atoms with E-state index >= 15 is 0 Å². The fourth-order valence-electron chi connectivity index (χ4n) is 6.01. The molecular weight excluding hydrogens is 615 g/mol. The molecule has 4 nitrogen and oxygen atoms in total. The van der Waals surface area contributed by atoms with E-state index in [-0.39, 0.29) is 12.5 Å². The molecule has 0 aromatic rings. The summed E-state index contributed by atoms with van der Waals surface area (Å²) in [5, 5.41) is 23.0. The van der Waals surface area contributed by atoms with Gasteiger partial charge in [-0.1, -0.05) is 196 Å². The van der Waals surface area contributed by atoms with E-state index in [2.05, 4.69) is 92.1 Å². The summed E-state index contributed by atoms with van der Waals surface area (Å²) in [6.07, 6.45) is 58.4. The van der Waals surface area contributed by atoms with Crippen LogP contribution in [0, 0.1) is 0 Å². The van der Waals surface area contributed by atoms with Gasteiger partial charge in [-0.3, -0.25) is 4.79 Å². The van der Waals surface area contributed by atoms with E-state index in [4.69, 9.17) is 0 Å². The molecule has 0 bridgehead atoms. The molecular formula is C46H81NO3. The lowest BCUT2D eigenvalue weighted by molar-refractivity contribution is -0.123. The summed E-state index contributed by atoms with van der Waals surface area (Å²) in [7, 11) is 0. The lowest BCUT2D eigenvalue weighted by Crippen LogP contribution is -2.45. The van der Waals surface area contributed by atoms with Gasteiger partial charge in [0.2, 0.25) is 5.91 Å². The number of unbranched alkanes of at least 4 members (excludes halogenated alkanes) is 18. The van der Waals surface area contributed by atoms with Crippen molar-refractivity contribution < 1.29 is 15.0 Å². The zero-order valence-electron chi connectivity index (χ0n) is 32.9. The standard InChI is InChI=1S/C46H81NO3/c1-3-5-7-9-11-13-14-15-16-17-18-19-20-21-22-23-24-25-26-27-28-29-30-31-32-34-36-38-40-42-46(50)47-44(43-48)45(49)41-39-37-35-33-12-10-8-6-4-2/h5,7,11,13,15-16,18-19,21-22,24-25,44-45,48-49H,3-4,6,8-10,12,14,17,20,23,26-43H2,1-2H3,(H,47,50)/b7-5-,13-11-,16-15-,19-18-,22-21-,25-24-. The Kier molecular flexibility index (Phi) is 39.5. The second kappa shape index (κ2) is 41.3. The normalized spacial score (nSPS) is 13.8. The van der Waals surface area contributed by atoms with Gasteiger partial charge in [0.1, 0.15) is 0 Å². The van der Waals surface area contributed by atoms with E-state index in [1.54, 1.807) is 0 Å². The van der Waals surface area contributed by atoms with Gasteiger partial charge in [-0.2, -0.15) is 0 Å². The molecule has 50 heavy (non-hydrogen) atoms. The maximum absolute atomic E-state index is 12.3. The second-order valence-corrected chi connectivity index (χ2v) is 14.0. The van der Waals surface area contributed by atoms with Crippen LogP contribution in [0.25, 0.3) is 0 Å². The van der Waals surface area contributed by atoms with Crippen molar-refractivity contribution in [2.45, 2.75) is 206 Å². The minimum absolute atomic E-state index is 0.0424. The van der Waals surface area contributed by atoms with Crippen molar-refractivity contribution in [1.29, 1.82) is 0 Å². The maximum Gasteiger partial charge on any atom is 0.220 e. The Morgan fingerprint density at radius 3 is 1.32 bits per heavy atom. The molecule has 0 saturated heterocycles. The molecule has 3 N–H and O–H groups in total. The van der Waals surface area contributed by atoms with E-state index in [0.717, 1.165) is 64.2 Å². The maximum atomic E-state index is 12.3. The largest absolute Gasteiger partial charge is 0.394 e. The average Bonchev–Trinajstić information content (AvgIpc) is 3.12. The van der Waals surface area contributed by atoms with Gasteiger partial charge in [-0.25, -0.2) is 0 Å². The lowest BCUT2D eigenvalue weighted by atomic mass is 10.0. The summed E-state index contributed by atoms with van der Waals surface area (Å²) in [4.78, 5) is 12.3. The summed E-state index contributed by atoms with van der Waals surface area (Å²) in [5.41, 5.74) is 0. The first kappa shape index (κ1) is 47.8. The van der Waals surface area contributed by atoms with Crippen molar-refractivity contribution in [1.82, 2.24) is 5.32 Å². The van der Waals surface area contributed by atoms with Crippen LogP contribution in [0.15, 0.2) is 72.9 Å². The minimum Gasteiger partial charge on any atom is -0.394 e. The molecule has 0 saturated carbocycles. The van der Waals surface area contributed by atoms with Crippen molar-refractivity contribution >= 4 is 5.91 Å². The second-order valence-electron chi connectivity index (χ2n) is 14.0. The molecule has 0 aromatic carbocycles. The summed E-state index contributed by atoms with van der Waals surface area (Å²) in [5.74, 6) is -0.0424. The highest BCUT2D eigenvalue weighted by Gasteiger charge is 2.19. The first-order chi connectivity index (χ1) is 24.7. The van der Waals surface area contributed by atoms with Crippen molar-refractivity contribution in [3.63, 3.8) is 0 Å². The third-order valence-electron chi connectivity index (χ3n) is 9.23. The van der Waals surface area contributed by atoms with Gasteiger partial charge < -0.3 is 15.5 Å². The topological polar surface area (TPSA) is 69.6 Å². The van der Waals surface area contributed by atoms with Crippen LogP contribution in [-0.2, 0) is 4.79 Å². The van der Waals surface area contributed by atoms with Crippen molar-refractivity contribution in [2.75, 3.05) is 6.61 Å². The molecule has 0 aliphatic rings. The molecule has 0 heterocycles. The van der Waals surface area contributed by atoms with Crippen LogP contribution in [0.4, 0.5) is 0 Å². The molecule has 0 fully saturated rings. The molecule has 288 valence electrons. The number of aliphatic hydroxyl groups is 2. The van der Waals surface area contributed by atoms with Gasteiger partial charge in [0, 0.05) is 6.42 Å². The molecule has 1 amide bonds. The molecule has 4 heteroatoms. The average molecular weight is 696 g/mol. The third-order valence-corrected chi connectivity index (χ3v) is 9.23. The number of carbonyl (C=O) groups excluding carboxylic acids is 1. The molecule has 0 aliphatic carbocycles. The monoisotopic (exact) mass is 696 g/mol. The highest BCUT2D eigenvalue weighted by molar-refractivity contribution is 5.76. The van der Waals surface area contributed by atoms with E-state index in [0.29, 0.717) is 12.8 Å². The van der Waals surface area contributed by atoms with Crippen molar-refractivity contribution in [2.24, 2.45) is 0 Å². The van der Waals surface area contributed by atoms with Crippen LogP contribution in [0.2, 0.25) is 0 Å². The fourth-order valence-corrected chi connectivity index (χ4v) is 6.01. The quantitative estimate of drug-likeness (QED) is 0.0447. The highest BCUT2D eigenvalue weighted by Crippen LogP contribution is 2.14. The first-order valence-corrected chi connectivity index (χ1v) is 21.1. The number of nitrogens with one attached hydrogen (secondary N) is 1.